The van der Waals surface area contributed by atoms with Crippen LogP contribution in [-0.4, -0.2) is 20.6 Å². The van der Waals surface area contributed by atoms with E-state index in [1.807, 2.05) is 6.07 Å². The number of benzene rings is 1. The highest BCUT2D eigenvalue weighted by atomic mass is 19.1. The van der Waals surface area contributed by atoms with Crippen molar-refractivity contribution >= 4 is 17.0 Å². The molecule has 1 aliphatic rings. The van der Waals surface area contributed by atoms with Gasteiger partial charge in [0, 0.05) is 12.5 Å². The number of imidazole rings is 1. The molecule has 1 saturated carbocycles. The summed E-state index contributed by atoms with van der Waals surface area (Å²) in [5, 5.41) is 9.15. The molecule has 0 bridgehead atoms. The minimum Gasteiger partial charge on any atom is -0.481 e. The molecule has 1 aliphatic carbocycles. The van der Waals surface area contributed by atoms with E-state index in [4.69, 9.17) is 5.11 Å². The number of halogens is 1. The van der Waals surface area contributed by atoms with Gasteiger partial charge in [0.05, 0.1) is 11.4 Å². The largest absolute Gasteiger partial charge is 0.481 e. The Kier molecular flexibility index (Phi) is 3.66. The van der Waals surface area contributed by atoms with Gasteiger partial charge in [-0.05, 0) is 37.8 Å². The molecule has 2 unspecified atom stereocenters. The van der Waals surface area contributed by atoms with E-state index in [0.29, 0.717) is 18.4 Å². The van der Waals surface area contributed by atoms with Crippen molar-refractivity contribution in [1.29, 1.82) is 0 Å². The summed E-state index contributed by atoms with van der Waals surface area (Å²) in [5.41, 5.74) is 1.21. The van der Waals surface area contributed by atoms with Crippen LogP contribution in [0.15, 0.2) is 18.2 Å². The molecular formula is C16H19FN2O2. The number of hydrogen-bond donors (Lipinski definition) is 1. The van der Waals surface area contributed by atoms with Crippen LogP contribution in [0.3, 0.4) is 0 Å². The number of carboxylic acids is 1. The summed E-state index contributed by atoms with van der Waals surface area (Å²) in [4.78, 5) is 15.6. The van der Waals surface area contributed by atoms with Crippen molar-refractivity contribution in [3.63, 3.8) is 0 Å². The van der Waals surface area contributed by atoms with E-state index in [1.165, 1.54) is 6.07 Å². The molecular weight excluding hydrogens is 271 g/mol. The summed E-state index contributed by atoms with van der Waals surface area (Å²) in [7, 11) is 0. The minimum absolute atomic E-state index is 0.115. The Morgan fingerprint density at radius 3 is 2.95 bits per heavy atom. The molecule has 0 radical (unpaired) electrons. The fourth-order valence-electron chi connectivity index (χ4n) is 3.34. The van der Waals surface area contributed by atoms with Crippen LogP contribution in [0.5, 0.6) is 0 Å². The number of hydrogen-bond acceptors (Lipinski definition) is 2. The van der Waals surface area contributed by atoms with Crippen LogP contribution in [0.4, 0.5) is 4.39 Å². The van der Waals surface area contributed by atoms with E-state index in [0.717, 1.165) is 30.7 Å². The van der Waals surface area contributed by atoms with Gasteiger partial charge < -0.3 is 9.67 Å². The van der Waals surface area contributed by atoms with Gasteiger partial charge in [0.25, 0.3) is 0 Å². The van der Waals surface area contributed by atoms with Crippen LogP contribution in [0.25, 0.3) is 11.0 Å². The summed E-state index contributed by atoms with van der Waals surface area (Å²) >= 11 is 0. The van der Waals surface area contributed by atoms with Crippen LogP contribution >= 0.6 is 0 Å². The average Bonchev–Trinajstić information content (AvgIpc) is 3.05. The lowest BCUT2D eigenvalue weighted by molar-refractivity contribution is -0.141. The number of carboxylic acid groups (broad SMARTS) is 1. The molecule has 21 heavy (non-hydrogen) atoms. The molecule has 0 aliphatic heterocycles. The van der Waals surface area contributed by atoms with Gasteiger partial charge in [0.1, 0.15) is 11.3 Å². The Labute approximate surface area is 122 Å². The van der Waals surface area contributed by atoms with Gasteiger partial charge in [-0.15, -0.1) is 0 Å². The maximum Gasteiger partial charge on any atom is 0.306 e. The number of fused-ring (bicyclic) bond motifs is 1. The Balaban J connectivity index is 2.03. The topological polar surface area (TPSA) is 55.1 Å². The highest BCUT2D eigenvalue weighted by Crippen LogP contribution is 2.39. The lowest BCUT2D eigenvalue weighted by atomic mass is 10.0. The number of nitrogens with zero attached hydrogens (tertiary/aromatic N) is 2. The van der Waals surface area contributed by atoms with Gasteiger partial charge >= 0.3 is 5.97 Å². The predicted octanol–water partition coefficient (Wildman–Crippen LogP) is 3.55. The second-order valence-corrected chi connectivity index (χ2v) is 5.77. The van der Waals surface area contributed by atoms with E-state index in [-0.39, 0.29) is 17.7 Å². The Bertz CT molecular complexity index is 680. The van der Waals surface area contributed by atoms with Crippen LogP contribution in [0.2, 0.25) is 0 Å². The third-order valence-electron chi connectivity index (χ3n) is 4.35. The molecule has 0 saturated heterocycles. The molecule has 0 spiro atoms. The summed E-state index contributed by atoms with van der Waals surface area (Å²) in [5.74, 6) is -0.377. The maximum absolute atomic E-state index is 13.9. The lowest BCUT2D eigenvalue weighted by Crippen LogP contribution is -2.11. The van der Waals surface area contributed by atoms with Gasteiger partial charge in [0.15, 0.2) is 5.82 Å². The van der Waals surface area contributed by atoms with Gasteiger partial charge in [-0.25, -0.2) is 9.37 Å². The molecule has 0 amide bonds. The number of rotatable bonds is 4. The van der Waals surface area contributed by atoms with Crippen molar-refractivity contribution in [2.75, 3.05) is 0 Å². The molecule has 1 N–H and O–H groups in total. The zero-order valence-electron chi connectivity index (χ0n) is 12.1. The fourth-order valence-corrected chi connectivity index (χ4v) is 3.34. The number of aromatic nitrogens is 2. The van der Waals surface area contributed by atoms with Gasteiger partial charge in [0.2, 0.25) is 0 Å². The smallest absolute Gasteiger partial charge is 0.306 e. The minimum atomic E-state index is -0.734. The average molecular weight is 290 g/mol. The zero-order chi connectivity index (χ0) is 15.0. The van der Waals surface area contributed by atoms with E-state index in [9.17, 15) is 9.18 Å². The van der Waals surface area contributed by atoms with Gasteiger partial charge in [-0.3, -0.25) is 4.79 Å². The van der Waals surface area contributed by atoms with Crippen molar-refractivity contribution in [3.8, 4) is 0 Å². The monoisotopic (exact) mass is 290 g/mol. The first-order valence-electron chi connectivity index (χ1n) is 7.49. The first-order chi connectivity index (χ1) is 10.1. The molecule has 1 heterocycles. The maximum atomic E-state index is 13.9. The molecule has 2 atom stereocenters. The predicted molar refractivity (Wildman–Crippen MR) is 77.7 cm³/mol. The summed E-state index contributed by atoms with van der Waals surface area (Å²) in [6, 6.07) is 5.00. The molecule has 3 rings (SSSR count). The van der Waals surface area contributed by atoms with Crippen molar-refractivity contribution in [1.82, 2.24) is 9.55 Å². The van der Waals surface area contributed by atoms with Gasteiger partial charge in [-0.2, -0.15) is 0 Å². The first-order valence-corrected chi connectivity index (χ1v) is 7.49. The van der Waals surface area contributed by atoms with E-state index in [2.05, 4.69) is 16.5 Å². The van der Waals surface area contributed by atoms with E-state index in [1.54, 1.807) is 6.07 Å². The summed E-state index contributed by atoms with van der Waals surface area (Å²) in [6.45, 7) is 2.85. The second kappa shape index (κ2) is 5.47. The van der Waals surface area contributed by atoms with E-state index >= 15 is 0 Å². The van der Waals surface area contributed by atoms with Crippen molar-refractivity contribution in [2.45, 2.75) is 45.1 Å². The van der Waals surface area contributed by atoms with Crippen LogP contribution in [-0.2, 0) is 11.3 Å². The number of carbonyl (C=O) groups is 1. The molecule has 1 aromatic heterocycles. The SMILES string of the molecule is CCCn1c(C2CCC(C(=O)O)C2)nc2c(F)cccc21. The molecule has 2 aromatic rings. The third-order valence-corrected chi connectivity index (χ3v) is 4.35. The van der Waals surface area contributed by atoms with Crippen LogP contribution < -0.4 is 0 Å². The van der Waals surface area contributed by atoms with Crippen LogP contribution in [0.1, 0.15) is 44.3 Å². The second-order valence-electron chi connectivity index (χ2n) is 5.77. The molecule has 4 nitrogen and oxygen atoms in total. The van der Waals surface area contributed by atoms with Crippen molar-refractivity contribution < 1.29 is 14.3 Å². The number of para-hydroxylation sites is 1. The molecule has 1 fully saturated rings. The summed E-state index contributed by atoms with van der Waals surface area (Å²) < 4.78 is 16.0. The lowest BCUT2D eigenvalue weighted by Gasteiger charge is -2.13. The highest BCUT2D eigenvalue weighted by Gasteiger charge is 2.33. The van der Waals surface area contributed by atoms with Gasteiger partial charge in [-0.1, -0.05) is 13.0 Å². The number of aliphatic carboxylic acids is 1. The third kappa shape index (κ3) is 2.41. The standard InChI is InChI=1S/C16H19FN2O2/c1-2-8-19-13-5-3-4-12(17)14(13)18-15(19)10-6-7-11(9-10)16(20)21/h3-5,10-11H,2,6-9H2,1H3,(H,20,21). The molecule has 1 aromatic carbocycles. The Morgan fingerprint density at radius 2 is 2.29 bits per heavy atom. The van der Waals surface area contributed by atoms with Crippen molar-refractivity contribution in [2.24, 2.45) is 5.92 Å². The van der Waals surface area contributed by atoms with E-state index < -0.39 is 5.97 Å². The Morgan fingerprint density at radius 1 is 1.48 bits per heavy atom. The normalized spacial score (nSPS) is 22.0. The first kappa shape index (κ1) is 14.0. The highest BCUT2D eigenvalue weighted by molar-refractivity contribution is 5.77. The van der Waals surface area contributed by atoms with Crippen LogP contribution in [0, 0.1) is 11.7 Å². The number of aryl methyl sites for hydroxylation is 1. The summed E-state index contributed by atoms with van der Waals surface area (Å²) in [6.07, 6.45) is 3.03. The quantitative estimate of drug-likeness (QED) is 0.936. The molecule has 112 valence electrons. The fraction of sp³-hybridized carbons (Fsp3) is 0.500. The Hall–Kier alpha value is -1.91. The van der Waals surface area contributed by atoms with Crippen molar-refractivity contribution in [3.05, 3.63) is 29.8 Å². The zero-order valence-corrected chi connectivity index (χ0v) is 12.1. The molecule has 5 heteroatoms.